The molecule has 0 saturated carbocycles. The summed E-state index contributed by atoms with van der Waals surface area (Å²) >= 11 is 0. The maximum atomic E-state index is 11.9. The number of hydrogen-bond donors (Lipinski definition) is 2. The van der Waals surface area contributed by atoms with E-state index in [2.05, 4.69) is 12.2 Å². The van der Waals surface area contributed by atoms with Crippen LogP contribution in [0.25, 0.3) is 0 Å². The van der Waals surface area contributed by atoms with Crippen LogP contribution in [-0.4, -0.2) is 68.1 Å². The van der Waals surface area contributed by atoms with Crippen molar-refractivity contribution in [2.45, 2.75) is 19.4 Å². The summed E-state index contributed by atoms with van der Waals surface area (Å²) in [6.45, 7) is 3.56. The van der Waals surface area contributed by atoms with E-state index in [1.54, 1.807) is 12.0 Å². The first kappa shape index (κ1) is 15.7. The van der Waals surface area contributed by atoms with Crippen LogP contribution in [0.2, 0.25) is 0 Å². The van der Waals surface area contributed by atoms with Crippen molar-refractivity contribution in [1.82, 2.24) is 10.2 Å². The van der Waals surface area contributed by atoms with Gasteiger partial charge in [0.2, 0.25) is 0 Å². The number of nitrogens with one attached hydrogen (secondary N) is 1. The summed E-state index contributed by atoms with van der Waals surface area (Å²) in [5, 5.41) is 11.1. The maximum Gasteiger partial charge on any atom is 0.329 e. The number of urea groups is 1. The van der Waals surface area contributed by atoms with Crippen LogP contribution in [0, 0.1) is 5.92 Å². The third-order valence-corrected chi connectivity index (χ3v) is 3.23. The average Bonchev–Trinajstić information content (AvgIpc) is 2.38. The molecule has 7 nitrogen and oxygen atoms in total. The van der Waals surface area contributed by atoms with Gasteiger partial charge in [-0.1, -0.05) is 6.92 Å². The van der Waals surface area contributed by atoms with Crippen LogP contribution >= 0.6 is 0 Å². The zero-order valence-corrected chi connectivity index (χ0v) is 11.4. The standard InChI is InChI=1S/C12H22N2O5/c1-9-3-5-14(7-10(9)18-2)12(17)13-4-6-19-8-11(15)16/h9-10H,3-8H2,1-2H3,(H,13,17)(H,15,16). The van der Waals surface area contributed by atoms with Crippen molar-refractivity contribution in [1.29, 1.82) is 0 Å². The Balaban J connectivity index is 2.20. The minimum absolute atomic E-state index is 0.0720. The highest BCUT2D eigenvalue weighted by Crippen LogP contribution is 2.19. The van der Waals surface area contributed by atoms with E-state index in [0.717, 1.165) is 6.42 Å². The molecule has 0 bridgehead atoms. The Morgan fingerprint density at radius 1 is 1.47 bits per heavy atom. The number of amides is 2. The molecule has 2 unspecified atom stereocenters. The number of ether oxygens (including phenoxy) is 2. The van der Waals surface area contributed by atoms with Crippen molar-refractivity contribution < 1.29 is 24.2 Å². The van der Waals surface area contributed by atoms with Crippen LogP contribution in [0.3, 0.4) is 0 Å². The predicted octanol–water partition coefficient (Wildman–Crippen LogP) is 0.154. The summed E-state index contributed by atoms with van der Waals surface area (Å²) < 4.78 is 10.2. The molecular formula is C12H22N2O5. The number of hydrogen-bond acceptors (Lipinski definition) is 4. The topological polar surface area (TPSA) is 88.1 Å². The van der Waals surface area contributed by atoms with Gasteiger partial charge in [0, 0.05) is 26.7 Å². The monoisotopic (exact) mass is 274 g/mol. The molecule has 1 rings (SSSR count). The summed E-state index contributed by atoms with van der Waals surface area (Å²) in [4.78, 5) is 23.8. The summed E-state index contributed by atoms with van der Waals surface area (Å²) in [7, 11) is 1.66. The quantitative estimate of drug-likeness (QED) is 0.673. The lowest BCUT2D eigenvalue weighted by Gasteiger charge is -2.36. The third-order valence-electron chi connectivity index (χ3n) is 3.23. The Labute approximate surface area is 112 Å². The van der Waals surface area contributed by atoms with Crippen molar-refractivity contribution in [3.05, 3.63) is 0 Å². The Bertz CT molecular complexity index is 310. The highest BCUT2D eigenvalue weighted by molar-refractivity contribution is 5.74. The van der Waals surface area contributed by atoms with Gasteiger partial charge in [0.1, 0.15) is 6.61 Å². The van der Waals surface area contributed by atoms with Gasteiger partial charge >= 0.3 is 12.0 Å². The molecule has 2 amide bonds. The molecule has 0 aliphatic carbocycles. The maximum absolute atomic E-state index is 11.9. The number of carboxylic acids is 1. The molecule has 19 heavy (non-hydrogen) atoms. The molecule has 1 heterocycles. The molecule has 1 fully saturated rings. The van der Waals surface area contributed by atoms with Crippen LogP contribution < -0.4 is 5.32 Å². The molecule has 1 aliphatic rings. The second-order valence-electron chi connectivity index (χ2n) is 4.66. The Morgan fingerprint density at radius 2 is 2.21 bits per heavy atom. The summed E-state index contributed by atoms with van der Waals surface area (Å²) in [6, 6.07) is -0.159. The number of nitrogens with zero attached hydrogens (tertiary/aromatic N) is 1. The van der Waals surface area contributed by atoms with Crippen LogP contribution in [0.15, 0.2) is 0 Å². The van der Waals surface area contributed by atoms with Crippen LogP contribution in [-0.2, 0) is 14.3 Å². The summed E-state index contributed by atoms with van der Waals surface area (Å²) in [6.07, 6.45) is 0.990. The van der Waals surface area contributed by atoms with E-state index >= 15 is 0 Å². The highest BCUT2D eigenvalue weighted by Gasteiger charge is 2.28. The minimum atomic E-state index is -1.01. The first-order valence-corrected chi connectivity index (χ1v) is 6.39. The first-order valence-electron chi connectivity index (χ1n) is 6.39. The highest BCUT2D eigenvalue weighted by atomic mass is 16.5. The molecule has 0 aromatic heterocycles. The molecular weight excluding hydrogens is 252 g/mol. The summed E-state index contributed by atoms with van der Waals surface area (Å²) in [5.74, 6) is -0.563. The molecule has 1 aliphatic heterocycles. The molecule has 1 saturated heterocycles. The molecule has 2 N–H and O–H groups in total. The molecule has 110 valence electrons. The Kier molecular flexibility index (Phi) is 6.58. The van der Waals surface area contributed by atoms with E-state index < -0.39 is 5.97 Å². The molecule has 0 radical (unpaired) electrons. The second-order valence-corrected chi connectivity index (χ2v) is 4.66. The number of carboxylic acid groups (broad SMARTS) is 1. The van der Waals surface area contributed by atoms with Crippen molar-refractivity contribution in [3.63, 3.8) is 0 Å². The van der Waals surface area contributed by atoms with E-state index in [4.69, 9.17) is 14.6 Å². The zero-order chi connectivity index (χ0) is 14.3. The van der Waals surface area contributed by atoms with Gasteiger partial charge in [-0.15, -0.1) is 0 Å². The zero-order valence-electron chi connectivity index (χ0n) is 11.4. The smallest absolute Gasteiger partial charge is 0.329 e. The van der Waals surface area contributed by atoms with Gasteiger partial charge in [-0.2, -0.15) is 0 Å². The van der Waals surface area contributed by atoms with E-state index in [0.29, 0.717) is 25.6 Å². The number of likely N-dealkylation sites (tertiary alicyclic amines) is 1. The van der Waals surface area contributed by atoms with Crippen molar-refractivity contribution in [2.24, 2.45) is 5.92 Å². The van der Waals surface area contributed by atoms with E-state index in [1.807, 2.05) is 0 Å². The molecule has 0 spiro atoms. The van der Waals surface area contributed by atoms with Gasteiger partial charge in [0.15, 0.2) is 0 Å². The SMILES string of the molecule is COC1CN(C(=O)NCCOCC(=O)O)CCC1C. The minimum Gasteiger partial charge on any atom is -0.480 e. The van der Waals surface area contributed by atoms with Gasteiger partial charge in [-0.25, -0.2) is 9.59 Å². The number of piperidine rings is 1. The fourth-order valence-electron chi connectivity index (χ4n) is 2.03. The van der Waals surface area contributed by atoms with E-state index in [9.17, 15) is 9.59 Å². The van der Waals surface area contributed by atoms with E-state index in [-0.39, 0.29) is 25.3 Å². The lowest BCUT2D eigenvalue weighted by atomic mass is 9.96. The van der Waals surface area contributed by atoms with Crippen molar-refractivity contribution in [3.8, 4) is 0 Å². The first-order chi connectivity index (χ1) is 9.04. The van der Waals surface area contributed by atoms with Crippen LogP contribution in [0.4, 0.5) is 4.79 Å². The lowest BCUT2D eigenvalue weighted by molar-refractivity contribution is -0.142. The molecule has 0 aromatic carbocycles. The Hall–Kier alpha value is -1.34. The normalized spacial score (nSPS) is 23.2. The molecule has 0 aromatic rings. The summed E-state index contributed by atoms with van der Waals surface area (Å²) in [5.41, 5.74) is 0. The van der Waals surface area contributed by atoms with Gasteiger partial charge in [-0.3, -0.25) is 0 Å². The number of carbonyl (C=O) groups is 2. The number of aliphatic carboxylic acids is 1. The molecule has 7 heteroatoms. The fourth-order valence-corrected chi connectivity index (χ4v) is 2.03. The van der Waals surface area contributed by atoms with Gasteiger partial charge in [0.25, 0.3) is 0 Å². The van der Waals surface area contributed by atoms with Crippen LogP contribution in [0.1, 0.15) is 13.3 Å². The van der Waals surface area contributed by atoms with Crippen molar-refractivity contribution >= 4 is 12.0 Å². The fraction of sp³-hybridized carbons (Fsp3) is 0.833. The number of rotatable bonds is 6. The molecule has 2 atom stereocenters. The van der Waals surface area contributed by atoms with Gasteiger partial charge in [0.05, 0.1) is 12.7 Å². The van der Waals surface area contributed by atoms with Crippen molar-refractivity contribution in [2.75, 3.05) is 40.0 Å². The largest absolute Gasteiger partial charge is 0.480 e. The van der Waals surface area contributed by atoms with Gasteiger partial charge < -0.3 is 24.8 Å². The average molecular weight is 274 g/mol. The van der Waals surface area contributed by atoms with E-state index in [1.165, 1.54) is 0 Å². The number of carbonyl (C=O) groups excluding carboxylic acids is 1. The predicted molar refractivity (Wildman–Crippen MR) is 68.0 cm³/mol. The lowest BCUT2D eigenvalue weighted by Crippen LogP contribution is -2.50. The second kappa shape index (κ2) is 7.96. The van der Waals surface area contributed by atoms with Crippen LogP contribution in [0.5, 0.6) is 0 Å². The third kappa shape index (κ3) is 5.44. The Morgan fingerprint density at radius 3 is 2.84 bits per heavy atom. The van der Waals surface area contributed by atoms with Gasteiger partial charge in [-0.05, 0) is 12.3 Å². The number of methoxy groups -OCH3 is 1.